The molecular formula is C16H20N2. The molecule has 1 fully saturated rings. The highest BCUT2D eigenvalue weighted by Crippen LogP contribution is 2.32. The van der Waals surface area contributed by atoms with Crippen LogP contribution in [0.1, 0.15) is 49.5 Å². The second kappa shape index (κ2) is 4.60. The van der Waals surface area contributed by atoms with Crippen LogP contribution in [-0.2, 0) is 0 Å². The van der Waals surface area contributed by atoms with Crippen LogP contribution in [0.3, 0.4) is 0 Å². The summed E-state index contributed by atoms with van der Waals surface area (Å²) in [5.41, 5.74) is 3.54. The average Bonchev–Trinajstić information content (AvgIpc) is 2.74. The maximum absolute atomic E-state index is 4.71. The van der Waals surface area contributed by atoms with Crippen molar-refractivity contribution in [1.29, 1.82) is 0 Å². The predicted octanol–water partition coefficient (Wildman–Crippen LogP) is 4.49. The quantitative estimate of drug-likeness (QED) is 0.756. The number of nitrogens with zero attached hydrogens (tertiary/aromatic N) is 2. The number of aryl methyl sites for hydroxylation is 1. The van der Waals surface area contributed by atoms with Crippen LogP contribution in [-0.4, -0.2) is 9.55 Å². The van der Waals surface area contributed by atoms with E-state index in [1.54, 1.807) is 0 Å². The van der Waals surface area contributed by atoms with Crippen molar-refractivity contribution in [3.8, 4) is 0 Å². The van der Waals surface area contributed by atoms with Gasteiger partial charge in [0.15, 0.2) is 0 Å². The lowest BCUT2D eigenvalue weighted by Crippen LogP contribution is -2.13. The molecule has 2 aromatic rings. The Bertz CT molecular complexity index is 574. The van der Waals surface area contributed by atoms with Crippen molar-refractivity contribution in [2.45, 2.75) is 45.1 Å². The molecule has 0 saturated heterocycles. The van der Waals surface area contributed by atoms with Gasteiger partial charge in [0.25, 0.3) is 0 Å². The first kappa shape index (κ1) is 11.5. The van der Waals surface area contributed by atoms with Crippen molar-refractivity contribution in [3.63, 3.8) is 0 Å². The Labute approximate surface area is 108 Å². The van der Waals surface area contributed by atoms with E-state index >= 15 is 0 Å². The molecule has 0 spiro atoms. The van der Waals surface area contributed by atoms with Crippen molar-refractivity contribution in [2.75, 3.05) is 0 Å². The summed E-state index contributed by atoms with van der Waals surface area (Å²) < 4.78 is 2.45. The molecular weight excluding hydrogens is 220 g/mol. The zero-order valence-electron chi connectivity index (χ0n) is 11.0. The molecule has 0 aliphatic heterocycles. The van der Waals surface area contributed by atoms with Crippen LogP contribution in [0, 0.1) is 6.92 Å². The van der Waals surface area contributed by atoms with Crippen LogP contribution < -0.4 is 0 Å². The summed E-state index contributed by atoms with van der Waals surface area (Å²) in [5.74, 6) is 1.15. The van der Waals surface area contributed by atoms with E-state index in [4.69, 9.17) is 4.98 Å². The summed E-state index contributed by atoms with van der Waals surface area (Å²) >= 11 is 0. The molecule has 1 aliphatic rings. The third kappa shape index (κ3) is 1.86. The monoisotopic (exact) mass is 240 g/mol. The first-order chi connectivity index (χ1) is 8.79. The molecule has 1 aromatic heterocycles. The number of imidazole rings is 1. The van der Waals surface area contributed by atoms with Gasteiger partial charge < -0.3 is 4.57 Å². The van der Waals surface area contributed by atoms with E-state index in [9.17, 15) is 0 Å². The zero-order valence-corrected chi connectivity index (χ0v) is 11.0. The molecule has 18 heavy (non-hydrogen) atoms. The van der Waals surface area contributed by atoms with Crippen LogP contribution in [0.2, 0.25) is 0 Å². The molecule has 94 valence electrons. The molecule has 1 saturated carbocycles. The van der Waals surface area contributed by atoms with Crippen LogP contribution in [0.25, 0.3) is 17.1 Å². The number of benzene rings is 1. The number of hydrogen-bond donors (Lipinski definition) is 0. The maximum Gasteiger partial charge on any atom is 0.106 e. The van der Waals surface area contributed by atoms with Crippen LogP contribution >= 0.6 is 0 Å². The third-order valence-electron chi connectivity index (χ3n) is 4.07. The van der Waals surface area contributed by atoms with Gasteiger partial charge in [0.1, 0.15) is 5.82 Å². The van der Waals surface area contributed by atoms with Gasteiger partial charge in [-0.25, -0.2) is 4.98 Å². The number of fused-ring (bicyclic) bond motifs is 1. The number of rotatable bonds is 2. The normalized spacial score (nSPS) is 17.2. The zero-order chi connectivity index (χ0) is 12.5. The third-order valence-corrected chi connectivity index (χ3v) is 4.07. The van der Waals surface area contributed by atoms with E-state index in [2.05, 4.69) is 36.3 Å². The first-order valence-corrected chi connectivity index (χ1v) is 6.90. The van der Waals surface area contributed by atoms with E-state index in [1.165, 1.54) is 37.6 Å². The summed E-state index contributed by atoms with van der Waals surface area (Å²) in [6.45, 7) is 5.95. The van der Waals surface area contributed by atoms with Gasteiger partial charge >= 0.3 is 0 Å². The molecule has 3 rings (SSSR count). The van der Waals surface area contributed by atoms with Gasteiger partial charge in [-0.1, -0.05) is 38.0 Å². The fraction of sp³-hybridized carbons (Fsp3) is 0.438. The molecule has 2 nitrogen and oxygen atoms in total. The largest absolute Gasteiger partial charge is 0.325 e. The summed E-state index contributed by atoms with van der Waals surface area (Å²) in [6.07, 6.45) is 8.59. The van der Waals surface area contributed by atoms with Gasteiger partial charge in [0, 0.05) is 6.04 Å². The van der Waals surface area contributed by atoms with Gasteiger partial charge in [0.05, 0.1) is 11.0 Å². The topological polar surface area (TPSA) is 17.8 Å². The minimum absolute atomic E-state index is 0.651. The van der Waals surface area contributed by atoms with Crippen LogP contribution in [0.5, 0.6) is 0 Å². The van der Waals surface area contributed by atoms with Crippen molar-refractivity contribution in [1.82, 2.24) is 9.55 Å². The second-order valence-electron chi connectivity index (χ2n) is 5.27. The van der Waals surface area contributed by atoms with Gasteiger partial charge in [-0.2, -0.15) is 0 Å². The molecule has 0 bridgehead atoms. The van der Waals surface area contributed by atoms with E-state index < -0.39 is 0 Å². The van der Waals surface area contributed by atoms with Crippen molar-refractivity contribution < 1.29 is 0 Å². The summed E-state index contributed by atoms with van der Waals surface area (Å²) in [7, 11) is 0. The Hall–Kier alpha value is -1.57. The van der Waals surface area contributed by atoms with Gasteiger partial charge in [-0.15, -0.1) is 0 Å². The Morgan fingerprint density at radius 2 is 2.06 bits per heavy atom. The molecule has 1 aromatic carbocycles. The van der Waals surface area contributed by atoms with Crippen molar-refractivity contribution in [3.05, 3.63) is 36.2 Å². The van der Waals surface area contributed by atoms with E-state index in [-0.39, 0.29) is 0 Å². The van der Waals surface area contributed by atoms with Gasteiger partial charge in [0.2, 0.25) is 0 Å². The Morgan fingerprint density at radius 1 is 1.28 bits per heavy atom. The first-order valence-electron chi connectivity index (χ1n) is 6.90. The molecule has 1 heterocycles. The van der Waals surface area contributed by atoms with Gasteiger partial charge in [-0.05, 0) is 37.5 Å². The highest BCUT2D eigenvalue weighted by Gasteiger charge is 2.19. The second-order valence-corrected chi connectivity index (χ2v) is 5.27. The molecule has 1 aliphatic carbocycles. The average molecular weight is 240 g/mol. The number of hydrogen-bond acceptors (Lipinski definition) is 1. The van der Waals surface area contributed by atoms with E-state index in [0.29, 0.717) is 6.04 Å². The van der Waals surface area contributed by atoms with Crippen molar-refractivity contribution in [2.24, 2.45) is 0 Å². The maximum atomic E-state index is 4.71. The highest BCUT2D eigenvalue weighted by atomic mass is 15.1. The summed E-state index contributed by atoms with van der Waals surface area (Å²) in [4.78, 5) is 4.71. The SMILES string of the molecule is C=Cc1ccc2c(c1)nc(C)n2C1CCCCC1. The molecule has 0 unspecified atom stereocenters. The van der Waals surface area contributed by atoms with E-state index in [0.717, 1.165) is 16.9 Å². The van der Waals surface area contributed by atoms with Crippen molar-refractivity contribution >= 4 is 17.1 Å². The molecule has 2 heteroatoms. The predicted molar refractivity (Wildman–Crippen MR) is 76.7 cm³/mol. The van der Waals surface area contributed by atoms with Crippen LogP contribution in [0.15, 0.2) is 24.8 Å². The minimum atomic E-state index is 0.651. The molecule has 0 radical (unpaired) electrons. The Morgan fingerprint density at radius 3 is 2.78 bits per heavy atom. The minimum Gasteiger partial charge on any atom is -0.325 e. The summed E-state index contributed by atoms with van der Waals surface area (Å²) in [5, 5.41) is 0. The smallest absolute Gasteiger partial charge is 0.106 e. The molecule has 0 N–H and O–H groups in total. The van der Waals surface area contributed by atoms with Gasteiger partial charge in [-0.3, -0.25) is 0 Å². The lowest BCUT2D eigenvalue weighted by molar-refractivity contribution is 0.355. The Balaban J connectivity index is 2.10. The Kier molecular flexibility index (Phi) is 2.94. The lowest BCUT2D eigenvalue weighted by Gasteiger charge is -2.25. The molecule has 0 amide bonds. The van der Waals surface area contributed by atoms with Crippen LogP contribution in [0.4, 0.5) is 0 Å². The standard InChI is InChI=1S/C16H20N2/c1-3-13-9-10-16-15(11-13)17-12(2)18(16)14-7-5-4-6-8-14/h3,9-11,14H,1,4-8H2,2H3. The number of aromatic nitrogens is 2. The highest BCUT2D eigenvalue weighted by molar-refractivity contribution is 5.79. The fourth-order valence-electron chi connectivity index (χ4n) is 3.16. The lowest BCUT2D eigenvalue weighted by atomic mass is 9.95. The van der Waals surface area contributed by atoms with E-state index in [1.807, 2.05) is 6.08 Å². The molecule has 0 atom stereocenters. The summed E-state index contributed by atoms with van der Waals surface area (Å²) in [6, 6.07) is 7.11. The fourth-order valence-corrected chi connectivity index (χ4v) is 3.16.